The van der Waals surface area contributed by atoms with Crippen LogP contribution in [0.4, 0.5) is 9.59 Å². The van der Waals surface area contributed by atoms with E-state index in [2.05, 4.69) is 49.5 Å². The fourth-order valence-electron chi connectivity index (χ4n) is 6.97. The number of aromatic nitrogens is 4. The number of nitrogens with one attached hydrogen (secondary N) is 5. The first-order valence-electron chi connectivity index (χ1n) is 21.9. The number of aliphatic hydroxyl groups excluding tert-OH is 1. The van der Waals surface area contributed by atoms with E-state index in [0.29, 0.717) is 73.4 Å². The molecule has 0 radical (unpaired) electrons. The molecule has 3 atom stereocenters. The number of methoxy groups -OCH3 is 4. The Bertz CT molecular complexity index is 2110. The van der Waals surface area contributed by atoms with E-state index in [1.165, 1.54) is 20.6 Å². The van der Waals surface area contributed by atoms with E-state index in [0.717, 1.165) is 28.8 Å². The summed E-state index contributed by atoms with van der Waals surface area (Å²) >= 11 is 0. The van der Waals surface area contributed by atoms with Crippen LogP contribution in [0.25, 0.3) is 33.6 Å². The summed E-state index contributed by atoms with van der Waals surface area (Å²) in [4.78, 5) is 66.7. The number of carbonyl (C=O) groups is 4. The Morgan fingerprint density at radius 1 is 0.800 bits per heavy atom. The highest BCUT2D eigenvalue weighted by Crippen LogP contribution is 2.45. The maximum absolute atomic E-state index is 13.8. The van der Waals surface area contributed by atoms with Gasteiger partial charge in [-0.3, -0.25) is 9.59 Å². The third kappa shape index (κ3) is 14.9. The predicted molar refractivity (Wildman–Crippen MR) is 243 cm³/mol. The first-order valence-corrected chi connectivity index (χ1v) is 21.9. The third-order valence-electron chi connectivity index (χ3n) is 10.3. The molecule has 0 spiro atoms. The average molecular weight is 907 g/mol. The molecule has 5 rings (SSSR count). The standard InChI is InChI=1S/C43H58N8O11.C3H8/c1-26(2)37(50-43(56)60-6)41(54)51-17-7-8-34(51)40-46-24-33(49-40)31-15-14-30(38(61-20-18-57-3)39(31)62-21-19-58-4)27-9-11-28(12-10-27)32-23-44-35(48-32)16-13-29(52)22-45-36(53)25-47-42(55)59-5;1-3-2/h9-12,14-15,23-24,26,29,34,37,52H,7-8,13,16-22,25H2,1-6H3,(H,44,48)(H,45,53)(H,46,49)(H,47,55)(H,50,56);3H2,1-2H3. The van der Waals surface area contributed by atoms with Gasteiger partial charge in [-0.1, -0.05) is 58.4 Å². The minimum atomic E-state index is -0.815. The fourth-order valence-corrected chi connectivity index (χ4v) is 6.97. The van der Waals surface area contributed by atoms with Crippen LogP contribution in [0.15, 0.2) is 48.8 Å². The number of ether oxygens (including phenoxy) is 6. The molecule has 6 N–H and O–H groups in total. The molecule has 1 fully saturated rings. The van der Waals surface area contributed by atoms with Gasteiger partial charge in [-0.15, -0.1) is 0 Å². The topological polar surface area (TPSA) is 241 Å². The summed E-state index contributed by atoms with van der Waals surface area (Å²) in [5.41, 5.74) is 4.68. The number of rotatable bonds is 22. The first-order chi connectivity index (χ1) is 31.4. The lowest BCUT2D eigenvalue weighted by Gasteiger charge is -2.30. The van der Waals surface area contributed by atoms with Crippen LogP contribution in [0.1, 0.15) is 71.1 Å². The lowest BCUT2D eigenvalue weighted by atomic mass is 9.98. The molecule has 1 aliphatic rings. The van der Waals surface area contributed by atoms with Crippen molar-refractivity contribution in [2.75, 3.05) is 74.5 Å². The number of hydrogen-bond acceptors (Lipinski definition) is 13. The molecule has 2 aromatic heterocycles. The Morgan fingerprint density at radius 2 is 1.42 bits per heavy atom. The molecule has 3 unspecified atom stereocenters. The van der Waals surface area contributed by atoms with E-state index in [1.54, 1.807) is 31.5 Å². The molecule has 4 amide bonds. The van der Waals surface area contributed by atoms with Crippen LogP contribution in [0, 0.1) is 5.92 Å². The van der Waals surface area contributed by atoms with Gasteiger partial charge < -0.3 is 64.3 Å². The second-order valence-corrected chi connectivity index (χ2v) is 15.6. The second kappa shape index (κ2) is 26.6. The Morgan fingerprint density at radius 3 is 2.05 bits per heavy atom. The van der Waals surface area contributed by atoms with Crippen LogP contribution < -0.4 is 25.4 Å². The molecular weight excluding hydrogens is 841 g/mol. The van der Waals surface area contributed by atoms with Crippen LogP contribution in [-0.2, 0) is 35.0 Å². The molecular formula is C46H66N8O11. The molecule has 19 heteroatoms. The van der Waals surface area contributed by atoms with E-state index in [4.69, 9.17) is 28.7 Å². The number of aromatic amines is 2. The number of alkyl carbamates (subject to hydrolysis) is 2. The number of benzene rings is 2. The van der Waals surface area contributed by atoms with Crippen LogP contribution in [0.2, 0.25) is 0 Å². The van der Waals surface area contributed by atoms with Gasteiger partial charge in [-0.05, 0) is 48.4 Å². The minimum absolute atomic E-state index is 0.0240. The van der Waals surface area contributed by atoms with Gasteiger partial charge in [0, 0.05) is 44.9 Å². The number of H-pyrrole nitrogens is 2. The zero-order chi connectivity index (χ0) is 47.3. The van der Waals surface area contributed by atoms with Crippen LogP contribution >= 0.6 is 0 Å². The number of aliphatic hydroxyl groups is 1. The third-order valence-corrected chi connectivity index (χ3v) is 10.3. The van der Waals surface area contributed by atoms with Gasteiger partial charge in [-0.2, -0.15) is 0 Å². The molecule has 65 heavy (non-hydrogen) atoms. The minimum Gasteiger partial charge on any atom is -0.487 e. The summed E-state index contributed by atoms with van der Waals surface area (Å²) in [5.74, 6) is 1.47. The largest absolute Gasteiger partial charge is 0.487 e. The molecule has 0 bridgehead atoms. The van der Waals surface area contributed by atoms with Crippen molar-refractivity contribution in [1.82, 2.24) is 40.8 Å². The van der Waals surface area contributed by atoms with Gasteiger partial charge >= 0.3 is 12.2 Å². The Hall–Kier alpha value is -6.18. The average Bonchev–Trinajstić information content (AvgIpc) is 4.11. The summed E-state index contributed by atoms with van der Waals surface area (Å²) in [6.45, 7) is 9.46. The first kappa shape index (κ1) is 51.5. The van der Waals surface area contributed by atoms with Crippen molar-refractivity contribution in [3.63, 3.8) is 0 Å². The normalized spacial score (nSPS) is 14.2. The summed E-state index contributed by atoms with van der Waals surface area (Å²) in [6, 6.07) is 10.7. The highest BCUT2D eigenvalue weighted by Gasteiger charge is 2.37. The van der Waals surface area contributed by atoms with E-state index in [9.17, 15) is 24.3 Å². The number of amides is 4. The molecule has 2 aromatic carbocycles. The van der Waals surface area contributed by atoms with Gasteiger partial charge in [0.2, 0.25) is 11.8 Å². The number of imidazole rings is 2. The predicted octanol–water partition coefficient (Wildman–Crippen LogP) is 5.41. The number of carbonyl (C=O) groups excluding carboxylic acids is 4. The van der Waals surface area contributed by atoms with Gasteiger partial charge in [0.05, 0.1) is 69.9 Å². The molecule has 19 nitrogen and oxygen atoms in total. The van der Waals surface area contributed by atoms with Crippen LogP contribution in [0.3, 0.4) is 0 Å². The van der Waals surface area contributed by atoms with Crippen molar-refractivity contribution in [2.24, 2.45) is 5.92 Å². The molecule has 0 saturated carbocycles. The lowest BCUT2D eigenvalue weighted by Crippen LogP contribution is -2.51. The van der Waals surface area contributed by atoms with Crippen LogP contribution in [-0.4, -0.2) is 141 Å². The summed E-state index contributed by atoms with van der Waals surface area (Å²) in [5, 5.41) is 18.0. The van der Waals surface area contributed by atoms with Crippen molar-refractivity contribution < 1.29 is 52.7 Å². The Balaban J connectivity index is 0.00000300. The van der Waals surface area contributed by atoms with Crippen molar-refractivity contribution >= 4 is 24.0 Å². The highest BCUT2D eigenvalue weighted by atomic mass is 16.6. The molecule has 1 aliphatic heterocycles. The SMILES string of the molecule is CCC.COCCOc1c(-c2ccc(-c3cnc(CCC(O)CNC(=O)CNC(=O)OC)[nH]3)cc2)ccc(-c2cnc(C3CCCN3C(=O)C(NC(=O)OC)C(C)C)[nH]2)c1OCCOC. The molecule has 4 aromatic rings. The summed E-state index contributed by atoms with van der Waals surface area (Å²) < 4.78 is 32.7. The van der Waals surface area contributed by atoms with Crippen molar-refractivity contribution in [2.45, 2.75) is 78.0 Å². The maximum atomic E-state index is 13.8. The Labute approximate surface area is 380 Å². The summed E-state index contributed by atoms with van der Waals surface area (Å²) in [7, 11) is 5.68. The van der Waals surface area contributed by atoms with Gasteiger partial charge in [0.15, 0.2) is 11.5 Å². The van der Waals surface area contributed by atoms with E-state index >= 15 is 0 Å². The zero-order valence-corrected chi connectivity index (χ0v) is 38.8. The van der Waals surface area contributed by atoms with E-state index < -0.39 is 30.2 Å². The van der Waals surface area contributed by atoms with E-state index in [-0.39, 0.29) is 44.2 Å². The second-order valence-electron chi connectivity index (χ2n) is 15.6. The molecule has 0 aliphatic carbocycles. The van der Waals surface area contributed by atoms with E-state index in [1.807, 2.05) is 50.2 Å². The quantitative estimate of drug-likeness (QED) is 0.0542. The molecule has 356 valence electrons. The zero-order valence-electron chi connectivity index (χ0n) is 38.8. The Kier molecular flexibility index (Phi) is 21.0. The van der Waals surface area contributed by atoms with Crippen molar-refractivity contribution in [3.8, 4) is 45.1 Å². The van der Waals surface area contributed by atoms with Gasteiger partial charge in [-0.25, -0.2) is 19.6 Å². The van der Waals surface area contributed by atoms with Gasteiger partial charge in [0.1, 0.15) is 30.9 Å². The van der Waals surface area contributed by atoms with Crippen molar-refractivity contribution in [3.05, 3.63) is 60.4 Å². The maximum Gasteiger partial charge on any atom is 0.407 e. The van der Waals surface area contributed by atoms with Gasteiger partial charge in [0.25, 0.3) is 0 Å². The fraction of sp³-hybridized carbons (Fsp3) is 0.522. The summed E-state index contributed by atoms with van der Waals surface area (Å²) in [6.07, 6.45) is 4.78. The monoisotopic (exact) mass is 906 g/mol. The highest BCUT2D eigenvalue weighted by molar-refractivity contribution is 5.87. The number of hydrogen-bond donors (Lipinski definition) is 6. The number of nitrogens with zero attached hydrogens (tertiary/aromatic N) is 3. The smallest absolute Gasteiger partial charge is 0.407 e. The van der Waals surface area contributed by atoms with Crippen LogP contribution in [0.5, 0.6) is 11.5 Å². The molecule has 1 saturated heterocycles. The molecule has 3 heterocycles. The lowest BCUT2D eigenvalue weighted by molar-refractivity contribution is -0.135. The number of likely N-dealkylation sites (tertiary alicyclic amines) is 1. The number of aryl methyl sites for hydroxylation is 1. The van der Waals surface area contributed by atoms with Crippen molar-refractivity contribution in [1.29, 1.82) is 0 Å².